The van der Waals surface area contributed by atoms with Crippen LogP contribution in [0.25, 0.3) is 10.4 Å². The van der Waals surface area contributed by atoms with Crippen LogP contribution in [0.5, 0.6) is 0 Å². The number of rotatable bonds is 2. The molecule has 1 aliphatic rings. The van der Waals surface area contributed by atoms with Crippen molar-refractivity contribution in [2.75, 3.05) is 26.3 Å². The Morgan fingerprint density at radius 1 is 1.26 bits per heavy atom. The number of nitrogens with zero attached hydrogens (tertiary/aromatic N) is 2. The third-order valence-electron chi connectivity index (χ3n) is 3.27. The first-order valence-electron chi connectivity index (χ1n) is 6.94. The molecule has 0 saturated carbocycles. The van der Waals surface area contributed by atoms with Crippen LogP contribution < -0.4 is 0 Å². The summed E-state index contributed by atoms with van der Waals surface area (Å²) in [5, 5.41) is 0.00450. The van der Waals surface area contributed by atoms with E-state index in [1.807, 2.05) is 0 Å². The van der Waals surface area contributed by atoms with Gasteiger partial charge in [-0.1, -0.05) is 18.2 Å². The zero-order valence-corrected chi connectivity index (χ0v) is 12.8. The first-order chi connectivity index (χ1) is 11.1. The second-order valence-electron chi connectivity index (χ2n) is 4.76. The maximum absolute atomic E-state index is 13.7. The van der Waals surface area contributed by atoms with E-state index >= 15 is 0 Å². The number of thiazole rings is 1. The van der Waals surface area contributed by atoms with Crippen molar-refractivity contribution in [1.82, 2.24) is 9.88 Å². The molecule has 8 heteroatoms. The topological polar surface area (TPSA) is 68.7 Å². The van der Waals surface area contributed by atoms with E-state index in [9.17, 15) is 14.0 Å². The number of morpholine rings is 1. The van der Waals surface area contributed by atoms with Crippen LogP contribution in [-0.4, -0.2) is 48.2 Å². The number of carbonyl (C=O) groups excluding carboxylic acids is 2. The van der Waals surface area contributed by atoms with E-state index in [4.69, 9.17) is 9.47 Å². The number of esters is 1. The van der Waals surface area contributed by atoms with Crippen LogP contribution in [0.2, 0.25) is 0 Å². The van der Waals surface area contributed by atoms with Crippen molar-refractivity contribution < 1.29 is 23.5 Å². The summed E-state index contributed by atoms with van der Waals surface area (Å²) < 4.78 is 23.7. The quantitative estimate of drug-likeness (QED) is 0.623. The first kappa shape index (κ1) is 15.6. The molecule has 120 valence electrons. The summed E-state index contributed by atoms with van der Waals surface area (Å²) in [6, 6.07) is 6.19. The lowest BCUT2D eigenvalue weighted by atomic mass is 10.2. The van der Waals surface area contributed by atoms with Crippen LogP contribution in [0, 0.1) is 5.82 Å². The molecule has 0 unspecified atom stereocenters. The number of aromatic nitrogens is 1. The molecule has 0 spiro atoms. The van der Waals surface area contributed by atoms with Gasteiger partial charge in [-0.15, -0.1) is 11.3 Å². The van der Waals surface area contributed by atoms with Crippen molar-refractivity contribution in [3.05, 3.63) is 41.3 Å². The standard InChI is InChI=1S/C15H13FN2O4S/c16-11-4-2-1-3-10(11)12-9-17-13(23-12)14(19)22-15(20)18-5-7-21-8-6-18/h1-4,9H,5-8H2. The molecule has 0 atom stereocenters. The molecule has 0 bridgehead atoms. The van der Waals surface area contributed by atoms with Gasteiger partial charge in [0.1, 0.15) is 5.82 Å². The number of hydrogen-bond donors (Lipinski definition) is 0. The lowest BCUT2D eigenvalue weighted by Gasteiger charge is -2.25. The molecule has 1 aromatic heterocycles. The van der Waals surface area contributed by atoms with Gasteiger partial charge in [-0.05, 0) is 6.07 Å². The SMILES string of the molecule is O=C(OC(=O)N1CCOCC1)c1ncc(-c2ccccc2F)s1. The molecule has 0 radical (unpaired) electrons. The summed E-state index contributed by atoms with van der Waals surface area (Å²) in [6.07, 6.45) is 0.666. The van der Waals surface area contributed by atoms with E-state index in [0.29, 0.717) is 36.7 Å². The fourth-order valence-corrected chi connectivity index (χ4v) is 2.91. The Morgan fingerprint density at radius 3 is 2.74 bits per heavy atom. The van der Waals surface area contributed by atoms with E-state index in [2.05, 4.69) is 4.98 Å². The Bertz CT molecular complexity index is 728. The average Bonchev–Trinajstić information content (AvgIpc) is 3.06. The second kappa shape index (κ2) is 6.84. The summed E-state index contributed by atoms with van der Waals surface area (Å²) in [6.45, 7) is 1.59. The summed E-state index contributed by atoms with van der Waals surface area (Å²) in [4.78, 5) is 29.6. The van der Waals surface area contributed by atoms with Crippen molar-refractivity contribution >= 4 is 23.4 Å². The zero-order valence-electron chi connectivity index (χ0n) is 12.0. The molecule has 0 N–H and O–H groups in total. The summed E-state index contributed by atoms with van der Waals surface area (Å²) in [5.41, 5.74) is 0.351. The Labute approximate surface area is 135 Å². The van der Waals surface area contributed by atoms with E-state index in [1.165, 1.54) is 17.2 Å². The second-order valence-corrected chi connectivity index (χ2v) is 5.80. The minimum Gasteiger partial charge on any atom is -0.378 e. The predicted octanol–water partition coefficient (Wildman–Crippen LogP) is 2.56. The van der Waals surface area contributed by atoms with Gasteiger partial charge in [0.05, 0.1) is 18.1 Å². The van der Waals surface area contributed by atoms with Crippen LogP contribution in [0.4, 0.5) is 9.18 Å². The van der Waals surface area contributed by atoms with Gasteiger partial charge in [0, 0.05) is 24.8 Å². The van der Waals surface area contributed by atoms with Crippen molar-refractivity contribution in [2.24, 2.45) is 0 Å². The number of benzene rings is 1. The smallest absolute Gasteiger partial charge is 0.378 e. The van der Waals surface area contributed by atoms with Gasteiger partial charge >= 0.3 is 12.1 Å². The highest BCUT2D eigenvalue weighted by Gasteiger charge is 2.23. The third kappa shape index (κ3) is 3.54. The first-order valence-corrected chi connectivity index (χ1v) is 7.76. The lowest BCUT2D eigenvalue weighted by Crippen LogP contribution is -2.41. The van der Waals surface area contributed by atoms with Gasteiger partial charge in [-0.3, -0.25) is 0 Å². The number of hydrogen-bond acceptors (Lipinski definition) is 6. The highest BCUT2D eigenvalue weighted by atomic mass is 32.1. The Morgan fingerprint density at radius 2 is 2.00 bits per heavy atom. The summed E-state index contributed by atoms with van der Waals surface area (Å²) >= 11 is 0.976. The summed E-state index contributed by atoms with van der Waals surface area (Å²) in [7, 11) is 0. The average molecular weight is 336 g/mol. The normalized spacial score (nSPS) is 14.6. The van der Waals surface area contributed by atoms with Crippen LogP contribution in [0.15, 0.2) is 30.5 Å². The molecular formula is C15H13FN2O4S. The van der Waals surface area contributed by atoms with E-state index in [0.717, 1.165) is 11.3 Å². The predicted molar refractivity (Wildman–Crippen MR) is 80.7 cm³/mol. The maximum atomic E-state index is 13.7. The van der Waals surface area contributed by atoms with Gasteiger partial charge in [0.25, 0.3) is 0 Å². The Hall–Kier alpha value is -2.32. The monoisotopic (exact) mass is 336 g/mol. The van der Waals surface area contributed by atoms with Crippen LogP contribution in [-0.2, 0) is 9.47 Å². The maximum Gasteiger partial charge on any atom is 0.417 e. The minimum absolute atomic E-state index is 0.00450. The lowest BCUT2D eigenvalue weighted by molar-refractivity contribution is 0.0249. The molecule has 0 aliphatic carbocycles. The van der Waals surface area contributed by atoms with Crippen LogP contribution >= 0.6 is 11.3 Å². The third-order valence-corrected chi connectivity index (χ3v) is 4.28. The molecular weight excluding hydrogens is 323 g/mol. The van der Waals surface area contributed by atoms with Gasteiger partial charge in [0.15, 0.2) is 0 Å². The largest absolute Gasteiger partial charge is 0.417 e. The molecule has 3 rings (SSSR count). The molecule has 2 aromatic rings. The number of amides is 1. The molecule has 1 aromatic carbocycles. The van der Waals surface area contributed by atoms with Gasteiger partial charge in [-0.25, -0.2) is 19.0 Å². The van der Waals surface area contributed by atoms with Crippen molar-refractivity contribution in [2.45, 2.75) is 0 Å². The van der Waals surface area contributed by atoms with Gasteiger partial charge in [-0.2, -0.15) is 0 Å². The van der Waals surface area contributed by atoms with Gasteiger partial charge < -0.3 is 14.4 Å². The molecule has 6 nitrogen and oxygen atoms in total. The number of halogens is 1. The number of ether oxygens (including phenoxy) is 2. The van der Waals surface area contributed by atoms with Crippen molar-refractivity contribution in [3.63, 3.8) is 0 Å². The van der Waals surface area contributed by atoms with E-state index in [-0.39, 0.29) is 5.01 Å². The highest BCUT2D eigenvalue weighted by Crippen LogP contribution is 2.28. The molecule has 1 amide bonds. The van der Waals surface area contributed by atoms with E-state index in [1.54, 1.807) is 18.2 Å². The zero-order chi connectivity index (χ0) is 16.2. The van der Waals surface area contributed by atoms with Crippen LogP contribution in [0.3, 0.4) is 0 Å². The summed E-state index contributed by atoms with van der Waals surface area (Å²) in [5.74, 6) is -1.24. The van der Waals surface area contributed by atoms with E-state index < -0.39 is 17.9 Å². The molecule has 1 aliphatic heterocycles. The highest BCUT2D eigenvalue weighted by molar-refractivity contribution is 7.16. The molecule has 1 fully saturated rings. The molecule has 23 heavy (non-hydrogen) atoms. The van der Waals surface area contributed by atoms with Gasteiger partial charge in [0.2, 0.25) is 5.01 Å². The van der Waals surface area contributed by atoms with Crippen molar-refractivity contribution in [3.8, 4) is 10.4 Å². The fourth-order valence-electron chi connectivity index (χ4n) is 2.09. The fraction of sp³-hybridized carbons (Fsp3) is 0.267. The molecule has 1 saturated heterocycles. The van der Waals surface area contributed by atoms with Crippen molar-refractivity contribution in [1.29, 1.82) is 0 Å². The Kier molecular flexibility index (Phi) is 4.63. The van der Waals surface area contributed by atoms with Crippen LogP contribution in [0.1, 0.15) is 9.80 Å². The Balaban J connectivity index is 1.69. The molecule has 2 heterocycles. The minimum atomic E-state index is -0.839. The number of carbonyl (C=O) groups is 2.